The van der Waals surface area contributed by atoms with Crippen molar-refractivity contribution in [3.8, 4) is 0 Å². The number of benzene rings is 1. The third kappa shape index (κ3) is 3.47. The Morgan fingerprint density at radius 3 is 2.72 bits per heavy atom. The fourth-order valence-corrected chi connectivity index (χ4v) is 3.25. The lowest BCUT2D eigenvalue weighted by Gasteiger charge is -2.15. The number of aryl methyl sites for hydroxylation is 1. The molecule has 1 aromatic heterocycles. The van der Waals surface area contributed by atoms with Gasteiger partial charge in [0.1, 0.15) is 5.69 Å². The molecule has 1 aliphatic heterocycles. The van der Waals surface area contributed by atoms with Crippen LogP contribution in [-0.2, 0) is 16.6 Å². The van der Waals surface area contributed by atoms with Gasteiger partial charge in [-0.2, -0.15) is 0 Å². The molecule has 0 saturated carbocycles. The Labute approximate surface area is 146 Å². The molecule has 25 heavy (non-hydrogen) atoms. The molecule has 1 atom stereocenters. The van der Waals surface area contributed by atoms with Crippen LogP contribution >= 0.6 is 0 Å². The maximum atomic E-state index is 12.2. The number of carbonyl (C=O) groups excluding carboxylic acids is 2. The van der Waals surface area contributed by atoms with Gasteiger partial charge in [-0.05, 0) is 30.2 Å². The van der Waals surface area contributed by atoms with E-state index in [1.165, 1.54) is 4.57 Å². The number of hydrogen-bond acceptors (Lipinski definition) is 3. The molecule has 0 radical (unpaired) electrons. The first-order valence-electron chi connectivity index (χ1n) is 8.30. The van der Waals surface area contributed by atoms with Gasteiger partial charge in [0.2, 0.25) is 11.8 Å². The molecule has 3 rings (SSSR count). The van der Waals surface area contributed by atoms with Crippen molar-refractivity contribution in [2.24, 2.45) is 7.05 Å². The van der Waals surface area contributed by atoms with Gasteiger partial charge in [0.15, 0.2) is 0 Å². The smallest absolute Gasteiger partial charge is 0.274 e. The zero-order valence-corrected chi connectivity index (χ0v) is 14.4. The van der Waals surface area contributed by atoms with Crippen LogP contribution in [0, 0.1) is 0 Å². The molecule has 0 fully saturated rings. The number of hydrogen-bond donors (Lipinski definition) is 1. The summed E-state index contributed by atoms with van der Waals surface area (Å²) < 4.78 is 1.42. The number of aromatic nitrogens is 1. The number of carbonyl (C=O) groups is 2. The Morgan fingerprint density at radius 2 is 1.96 bits per heavy atom. The van der Waals surface area contributed by atoms with Crippen LogP contribution in [0.15, 0.2) is 47.4 Å². The number of nitrogens with zero attached hydrogens (tertiary/aromatic N) is 2. The van der Waals surface area contributed by atoms with Crippen molar-refractivity contribution in [2.45, 2.75) is 25.7 Å². The van der Waals surface area contributed by atoms with E-state index in [0.717, 1.165) is 11.3 Å². The predicted octanol–water partition coefficient (Wildman–Crippen LogP) is 2.25. The third-order valence-corrected chi connectivity index (χ3v) is 4.57. The second kappa shape index (κ2) is 6.93. The highest BCUT2D eigenvalue weighted by Crippen LogP contribution is 2.38. The number of anilines is 2. The van der Waals surface area contributed by atoms with E-state index in [1.807, 2.05) is 24.3 Å². The summed E-state index contributed by atoms with van der Waals surface area (Å²) >= 11 is 0. The molecule has 2 amide bonds. The van der Waals surface area contributed by atoms with Gasteiger partial charge in [-0.3, -0.25) is 14.4 Å². The number of fused-ring (bicyclic) bond motifs is 1. The number of pyridine rings is 1. The zero-order valence-electron chi connectivity index (χ0n) is 14.4. The predicted molar refractivity (Wildman–Crippen MR) is 96.8 cm³/mol. The normalized spacial score (nSPS) is 15.8. The Kier molecular flexibility index (Phi) is 4.70. The fourth-order valence-electron chi connectivity index (χ4n) is 3.25. The third-order valence-electron chi connectivity index (χ3n) is 4.57. The largest absolute Gasteiger partial charge is 0.321 e. The summed E-state index contributed by atoms with van der Waals surface area (Å²) in [7, 11) is 1.64. The van der Waals surface area contributed by atoms with Crippen LogP contribution in [-0.4, -0.2) is 22.9 Å². The average molecular weight is 339 g/mol. The first kappa shape index (κ1) is 17.0. The molecule has 1 aliphatic rings. The van der Waals surface area contributed by atoms with Gasteiger partial charge >= 0.3 is 0 Å². The molecule has 130 valence electrons. The lowest BCUT2D eigenvalue weighted by molar-refractivity contribution is -0.116. The molecule has 1 N–H and O–H groups in total. The minimum absolute atomic E-state index is 0.00665. The lowest BCUT2D eigenvalue weighted by Crippen LogP contribution is -2.27. The summed E-state index contributed by atoms with van der Waals surface area (Å²) in [6.07, 6.45) is 2.56. The topological polar surface area (TPSA) is 71.4 Å². The van der Waals surface area contributed by atoms with Gasteiger partial charge in [0.05, 0.1) is 0 Å². The van der Waals surface area contributed by atoms with E-state index >= 15 is 0 Å². The average Bonchev–Trinajstić information content (AvgIpc) is 2.96. The molecule has 0 saturated heterocycles. The van der Waals surface area contributed by atoms with E-state index in [-0.39, 0.29) is 29.0 Å². The van der Waals surface area contributed by atoms with Crippen molar-refractivity contribution in [3.63, 3.8) is 0 Å². The summed E-state index contributed by atoms with van der Waals surface area (Å²) in [6.45, 7) is 2.14. The number of para-hydroxylation sites is 1. The van der Waals surface area contributed by atoms with Gasteiger partial charge in [-0.25, -0.2) is 0 Å². The number of amides is 2. The molecular weight excluding hydrogens is 318 g/mol. The monoisotopic (exact) mass is 339 g/mol. The van der Waals surface area contributed by atoms with E-state index in [1.54, 1.807) is 37.2 Å². The Morgan fingerprint density at radius 1 is 1.20 bits per heavy atom. The summed E-state index contributed by atoms with van der Waals surface area (Å²) in [4.78, 5) is 37.7. The first-order valence-corrected chi connectivity index (χ1v) is 8.30. The molecule has 6 nitrogen and oxygen atoms in total. The van der Waals surface area contributed by atoms with Crippen LogP contribution in [0.2, 0.25) is 0 Å². The standard InChI is InChI=1S/C19H21N3O3/c1-13(23)22-12-14(15-6-3-4-8-17(15)22)9-10-18(24)20-16-7-5-11-21(2)19(16)25/h3-8,11,14H,9-10,12H2,1-2H3,(H,20,24)/t14-/m0/s1. The lowest BCUT2D eigenvalue weighted by atomic mass is 9.96. The highest BCUT2D eigenvalue weighted by molar-refractivity contribution is 5.94. The Balaban J connectivity index is 1.66. The van der Waals surface area contributed by atoms with Crippen LogP contribution in [0.3, 0.4) is 0 Å². The maximum Gasteiger partial charge on any atom is 0.274 e. The highest BCUT2D eigenvalue weighted by atomic mass is 16.2. The molecule has 0 unspecified atom stereocenters. The quantitative estimate of drug-likeness (QED) is 0.929. The van der Waals surface area contributed by atoms with Crippen molar-refractivity contribution in [1.82, 2.24) is 4.57 Å². The molecule has 0 bridgehead atoms. The zero-order chi connectivity index (χ0) is 18.0. The van der Waals surface area contributed by atoms with Crippen LogP contribution in [0.1, 0.15) is 31.2 Å². The van der Waals surface area contributed by atoms with Crippen molar-refractivity contribution < 1.29 is 9.59 Å². The summed E-state index contributed by atoms with van der Waals surface area (Å²) in [5.41, 5.74) is 2.08. The van der Waals surface area contributed by atoms with Crippen LogP contribution in [0.5, 0.6) is 0 Å². The second-order valence-electron chi connectivity index (χ2n) is 6.31. The highest BCUT2D eigenvalue weighted by Gasteiger charge is 2.30. The maximum absolute atomic E-state index is 12.2. The van der Waals surface area contributed by atoms with Crippen LogP contribution in [0.4, 0.5) is 11.4 Å². The molecule has 6 heteroatoms. The van der Waals surface area contributed by atoms with Crippen LogP contribution < -0.4 is 15.8 Å². The summed E-state index contributed by atoms with van der Waals surface area (Å²) in [6, 6.07) is 11.1. The minimum atomic E-state index is -0.232. The number of rotatable bonds is 4. The number of nitrogens with one attached hydrogen (secondary N) is 1. The van der Waals surface area contributed by atoms with Gasteiger partial charge in [-0.15, -0.1) is 0 Å². The van der Waals surface area contributed by atoms with Crippen molar-refractivity contribution in [3.05, 3.63) is 58.5 Å². The second-order valence-corrected chi connectivity index (χ2v) is 6.31. The summed E-state index contributed by atoms with van der Waals surface area (Å²) in [5, 5.41) is 2.68. The Hall–Kier alpha value is -2.89. The molecule has 2 heterocycles. The van der Waals surface area contributed by atoms with E-state index in [9.17, 15) is 14.4 Å². The van der Waals surface area contributed by atoms with Crippen LogP contribution in [0.25, 0.3) is 0 Å². The fraction of sp³-hybridized carbons (Fsp3) is 0.316. The van der Waals surface area contributed by atoms with E-state index in [4.69, 9.17) is 0 Å². The molecule has 0 spiro atoms. The van der Waals surface area contributed by atoms with Crippen molar-refractivity contribution in [2.75, 3.05) is 16.8 Å². The first-order chi connectivity index (χ1) is 12.0. The van der Waals surface area contributed by atoms with E-state index in [2.05, 4.69) is 5.32 Å². The van der Waals surface area contributed by atoms with Crippen molar-refractivity contribution in [1.29, 1.82) is 0 Å². The molecule has 1 aromatic carbocycles. The van der Waals surface area contributed by atoms with E-state index in [0.29, 0.717) is 19.4 Å². The molecule has 0 aliphatic carbocycles. The van der Waals surface area contributed by atoms with E-state index < -0.39 is 0 Å². The van der Waals surface area contributed by atoms with Crippen molar-refractivity contribution >= 4 is 23.2 Å². The minimum Gasteiger partial charge on any atom is -0.321 e. The SMILES string of the molecule is CC(=O)N1C[C@H](CCC(=O)Nc2cccn(C)c2=O)c2ccccc21. The Bertz CT molecular complexity index is 872. The van der Waals surface area contributed by atoms with Gasteiger partial charge in [0.25, 0.3) is 5.56 Å². The van der Waals surface area contributed by atoms with Gasteiger partial charge < -0.3 is 14.8 Å². The summed E-state index contributed by atoms with van der Waals surface area (Å²) in [5.74, 6) is -0.0568. The van der Waals surface area contributed by atoms with Gasteiger partial charge in [0, 0.05) is 44.7 Å². The molecule has 2 aromatic rings. The van der Waals surface area contributed by atoms with Gasteiger partial charge in [-0.1, -0.05) is 18.2 Å². The molecular formula is C19H21N3O3.